The van der Waals surface area contributed by atoms with Gasteiger partial charge in [0.25, 0.3) is 0 Å². The highest BCUT2D eigenvalue weighted by Gasteiger charge is 2.63. The molecule has 0 aliphatic carbocycles. The summed E-state index contributed by atoms with van der Waals surface area (Å²) in [5.41, 5.74) is 6.47. The van der Waals surface area contributed by atoms with Crippen LogP contribution in [0.1, 0.15) is 37.3 Å². The minimum absolute atomic E-state index is 0.175. The highest BCUT2D eigenvalue weighted by atomic mass is 32.2. The van der Waals surface area contributed by atoms with E-state index in [1.165, 1.54) is 12.5 Å². The van der Waals surface area contributed by atoms with E-state index in [1.807, 2.05) is 13.8 Å². The van der Waals surface area contributed by atoms with Gasteiger partial charge < -0.3 is 20.4 Å². The number of H-pyrrole nitrogens is 1. The lowest BCUT2D eigenvalue weighted by atomic mass is 9.95. The minimum atomic E-state index is -0.881. The van der Waals surface area contributed by atoms with Crippen LogP contribution in [0.4, 0.5) is 0 Å². The molecular weight excluding hydrogens is 346 g/mol. The average molecular weight is 363 g/mol. The van der Waals surface area contributed by atoms with Gasteiger partial charge in [0, 0.05) is 10.3 Å². The van der Waals surface area contributed by atoms with Crippen molar-refractivity contribution in [3.63, 3.8) is 0 Å². The second kappa shape index (κ2) is 5.56. The topological polar surface area (TPSA) is 143 Å². The van der Waals surface area contributed by atoms with E-state index in [0.717, 1.165) is 0 Å². The van der Waals surface area contributed by atoms with Gasteiger partial charge in [-0.15, -0.1) is 22.0 Å². The Labute approximate surface area is 146 Å². The molecule has 2 unspecified atom stereocenters. The van der Waals surface area contributed by atoms with E-state index >= 15 is 0 Å². The molecule has 2 saturated heterocycles. The van der Waals surface area contributed by atoms with E-state index < -0.39 is 18.0 Å². The van der Waals surface area contributed by atoms with Crippen molar-refractivity contribution in [2.45, 2.75) is 42.1 Å². The molecule has 11 heteroatoms. The van der Waals surface area contributed by atoms with Crippen LogP contribution in [-0.4, -0.2) is 53.5 Å². The van der Waals surface area contributed by atoms with Gasteiger partial charge >= 0.3 is 0 Å². The van der Waals surface area contributed by atoms with Crippen molar-refractivity contribution in [2.24, 2.45) is 5.73 Å². The number of aromatic amines is 1. The molecule has 4 N–H and O–H groups in total. The fourth-order valence-electron chi connectivity index (χ4n) is 3.30. The zero-order valence-corrected chi connectivity index (χ0v) is 14.4. The Balaban J connectivity index is 1.50. The van der Waals surface area contributed by atoms with Crippen LogP contribution in [0.15, 0.2) is 23.0 Å². The largest absolute Gasteiger partial charge is 0.472 e. The summed E-state index contributed by atoms with van der Waals surface area (Å²) in [4.78, 5) is 26.7. The highest BCUT2D eigenvalue weighted by Crippen LogP contribution is 2.56. The van der Waals surface area contributed by atoms with Crippen molar-refractivity contribution in [2.75, 3.05) is 0 Å². The van der Waals surface area contributed by atoms with E-state index in [9.17, 15) is 9.59 Å². The van der Waals surface area contributed by atoms with Crippen molar-refractivity contribution in [3.05, 3.63) is 30.0 Å². The van der Waals surface area contributed by atoms with Gasteiger partial charge in [-0.25, -0.2) is 0 Å². The maximum absolute atomic E-state index is 12.6. The van der Waals surface area contributed by atoms with Crippen LogP contribution in [0.5, 0.6) is 0 Å². The number of nitrogens with two attached hydrogens (primary N) is 1. The number of aromatic nitrogens is 4. The average Bonchev–Trinajstić information content (AvgIpc) is 3.30. The Bertz CT molecular complexity index is 791. The zero-order valence-electron chi connectivity index (χ0n) is 13.5. The zero-order chi connectivity index (χ0) is 17.8. The number of fused-ring (bicyclic) bond motifs is 1. The number of hydrogen-bond acceptors (Lipinski definition) is 8. The van der Waals surface area contributed by atoms with Crippen LogP contribution in [-0.2, 0) is 9.59 Å². The monoisotopic (exact) mass is 363 g/mol. The van der Waals surface area contributed by atoms with Gasteiger partial charge in [-0.1, -0.05) is 5.21 Å². The van der Waals surface area contributed by atoms with Gasteiger partial charge in [-0.2, -0.15) is 5.21 Å². The summed E-state index contributed by atoms with van der Waals surface area (Å²) >= 11 is 1.60. The molecule has 10 nitrogen and oxygen atoms in total. The van der Waals surface area contributed by atoms with Gasteiger partial charge in [0.05, 0.1) is 12.5 Å². The lowest BCUT2D eigenvalue weighted by Crippen LogP contribution is -2.68. The standard InChI is InChI=1S/C14H17N7O3S/c1-14(2)9(10-17-19-20-18-10)21-12(23)8(13(21)25-14)16-11(22)7(15)6-3-4-24-5-6/h3-5,7-9,13H,15H2,1-2H3,(H,16,22)(H,17,18,19,20)/t7-,8?,9?,13-/m1/s1. The van der Waals surface area contributed by atoms with E-state index in [-0.39, 0.29) is 22.1 Å². The lowest BCUT2D eigenvalue weighted by Gasteiger charge is -2.44. The van der Waals surface area contributed by atoms with Crippen LogP contribution < -0.4 is 11.1 Å². The molecule has 2 aromatic heterocycles. The van der Waals surface area contributed by atoms with Crippen LogP contribution in [0.2, 0.25) is 0 Å². The SMILES string of the molecule is CC1(C)S[C@@H]2C(NC(=O)[C@H](N)c3ccoc3)C(=O)N2C1c1nn[nH]n1. The first-order chi connectivity index (χ1) is 11.9. The quantitative estimate of drug-likeness (QED) is 0.629. The van der Waals surface area contributed by atoms with Gasteiger partial charge in [0.2, 0.25) is 11.8 Å². The van der Waals surface area contributed by atoms with Crippen molar-refractivity contribution in [1.29, 1.82) is 0 Å². The number of furan rings is 1. The van der Waals surface area contributed by atoms with Gasteiger partial charge in [0.15, 0.2) is 5.82 Å². The fourth-order valence-corrected chi connectivity index (χ4v) is 4.93. The molecule has 2 fully saturated rings. The number of tetrazole rings is 1. The molecule has 2 aliphatic heterocycles. The summed E-state index contributed by atoms with van der Waals surface area (Å²) in [5.74, 6) is -0.125. The maximum Gasteiger partial charge on any atom is 0.249 e. The number of nitrogens with zero attached hydrogens (tertiary/aromatic N) is 4. The van der Waals surface area contributed by atoms with E-state index in [2.05, 4.69) is 25.9 Å². The second-order valence-corrected chi connectivity index (χ2v) is 8.32. The Kier molecular flexibility index (Phi) is 3.58. The number of nitrogens with one attached hydrogen (secondary N) is 2. The summed E-state index contributed by atoms with van der Waals surface area (Å²) in [5, 5.41) is 16.6. The molecule has 0 bridgehead atoms. The number of β-lactam (4-membered cyclic amide) rings is 1. The molecular formula is C14H17N7O3S. The normalized spacial score (nSPS) is 28.4. The van der Waals surface area contributed by atoms with Gasteiger partial charge in [-0.05, 0) is 19.9 Å². The summed E-state index contributed by atoms with van der Waals surface area (Å²) in [6.45, 7) is 4.03. The highest BCUT2D eigenvalue weighted by molar-refractivity contribution is 8.01. The third kappa shape index (κ3) is 2.42. The van der Waals surface area contributed by atoms with Crippen LogP contribution in [0.3, 0.4) is 0 Å². The van der Waals surface area contributed by atoms with E-state index in [4.69, 9.17) is 10.2 Å². The summed E-state index contributed by atoms with van der Waals surface area (Å²) < 4.78 is 4.63. The number of hydrogen-bond donors (Lipinski definition) is 3. The Morgan fingerprint density at radius 1 is 1.56 bits per heavy atom. The molecule has 0 radical (unpaired) electrons. The Morgan fingerprint density at radius 2 is 2.36 bits per heavy atom. The van der Waals surface area contributed by atoms with Gasteiger partial charge in [-0.3, -0.25) is 9.59 Å². The molecule has 0 saturated carbocycles. The van der Waals surface area contributed by atoms with E-state index in [0.29, 0.717) is 11.4 Å². The Hall–Kier alpha value is -2.40. The molecule has 0 aromatic carbocycles. The number of thioether (sulfide) groups is 1. The van der Waals surface area contributed by atoms with Crippen molar-refractivity contribution in [3.8, 4) is 0 Å². The van der Waals surface area contributed by atoms with E-state index in [1.54, 1.807) is 22.7 Å². The first kappa shape index (κ1) is 16.1. The number of amides is 2. The molecule has 0 spiro atoms. The Morgan fingerprint density at radius 3 is 3.00 bits per heavy atom. The molecule has 2 aliphatic rings. The van der Waals surface area contributed by atoms with Crippen molar-refractivity contribution < 1.29 is 14.0 Å². The molecule has 2 amide bonds. The smallest absolute Gasteiger partial charge is 0.249 e. The summed E-state index contributed by atoms with van der Waals surface area (Å²) in [7, 11) is 0. The van der Waals surface area contributed by atoms with Crippen LogP contribution in [0.25, 0.3) is 0 Å². The molecule has 4 heterocycles. The number of carbonyl (C=O) groups excluding carboxylic acids is 2. The second-order valence-electron chi connectivity index (χ2n) is 6.55. The molecule has 4 atom stereocenters. The fraction of sp³-hybridized carbons (Fsp3) is 0.500. The first-order valence-corrected chi connectivity index (χ1v) is 8.59. The predicted molar refractivity (Wildman–Crippen MR) is 86.8 cm³/mol. The molecule has 4 rings (SSSR count). The number of carbonyl (C=O) groups is 2. The lowest BCUT2D eigenvalue weighted by molar-refractivity contribution is -0.152. The van der Waals surface area contributed by atoms with Crippen molar-refractivity contribution in [1.82, 2.24) is 30.8 Å². The first-order valence-electron chi connectivity index (χ1n) is 7.71. The van der Waals surface area contributed by atoms with Crippen LogP contribution >= 0.6 is 11.8 Å². The molecule has 2 aromatic rings. The third-order valence-electron chi connectivity index (χ3n) is 4.53. The number of rotatable bonds is 4. The third-order valence-corrected chi connectivity index (χ3v) is 6.10. The van der Waals surface area contributed by atoms with Crippen molar-refractivity contribution >= 4 is 23.6 Å². The van der Waals surface area contributed by atoms with Crippen LogP contribution in [0, 0.1) is 0 Å². The maximum atomic E-state index is 12.6. The van der Waals surface area contributed by atoms with Gasteiger partial charge in [0.1, 0.15) is 23.5 Å². The molecule has 132 valence electrons. The predicted octanol–water partition coefficient (Wildman–Crippen LogP) is -0.288. The molecule has 25 heavy (non-hydrogen) atoms. The minimum Gasteiger partial charge on any atom is -0.472 e. The summed E-state index contributed by atoms with van der Waals surface area (Å²) in [6, 6.07) is -0.178. The summed E-state index contributed by atoms with van der Waals surface area (Å²) in [6.07, 6.45) is 2.86.